The Hall–Kier alpha value is -2.73. The molecule has 0 bridgehead atoms. The van der Waals surface area contributed by atoms with E-state index in [0.29, 0.717) is 16.5 Å². The molecule has 17 heteroatoms. The number of halogens is 8. The number of thiazole rings is 2. The molecule has 1 saturated heterocycles. The maximum absolute atomic E-state index is 12.6. The number of hydrogen-bond donors (Lipinski definition) is 2. The lowest BCUT2D eigenvalue weighted by Crippen LogP contribution is -2.36. The average Bonchev–Trinajstić information content (AvgIpc) is 3.69. The highest BCUT2D eigenvalue weighted by Crippen LogP contribution is 2.35. The van der Waals surface area contributed by atoms with Crippen LogP contribution < -0.4 is 10.2 Å². The Morgan fingerprint density at radius 3 is 1.98 bits per heavy atom. The lowest BCUT2D eigenvalue weighted by molar-refractivity contribution is -0.139. The molecule has 7 nitrogen and oxygen atoms in total. The van der Waals surface area contributed by atoms with Crippen molar-refractivity contribution in [3.05, 3.63) is 68.2 Å². The van der Waals surface area contributed by atoms with Gasteiger partial charge in [-0.15, -0.1) is 22.7 Å². The van der Waals surface area contributed by atoms with Crippen molar-refractivity contribution in [1.29, 1.82) is 0 Å². The Kier molecular flexibility index (Phi) is 11.3. The SMILES string of the molecule is O=C1OCC(CC(F)(F)F)N1c1nc(-c2ccc(Br)cc2)cs1.OCC(CC(F)(F)F)Nc1nc(-c2ccc(Br)cc2)cs1. The molecule has 5 rings (SSSR count). The summed E-state index contributed by atoms with van der Waals surface area (Å²) in [5, 5.41) is 15.7. The van der Waals surface area contributed by atoms with E-state index in [2.05, 4.69) is 47.1 Å². The van der Waals surface area contributed by atoms with Crippen LogP contribution in [-0.4, -0.2) is 58.8 Å². The number of alkyl halides is 6. The van der Waals surface area contributed by atoms with Gasteiger partial charge in [0.1, 0.15) is 6.61 Å². The van der Waals surface area contributed by atoms with E-state index < -0.39 is 50.0 Å². The van der Waals surface area contributed by atoms with Gasteiger partial charge in [-0.2, -0.15) is 26.3 Å². The van der Waals surface area contributed by atoms with Gasteiger partial charge in [-0.25, -0.2) is 19.7 Å². The maximum atomic E-state index is 12.6. The summed E-state index contributed by atoms with van der Waals surface area (Å²) in [5.74, 6) is 0. The summed E-state index contributed by atoms with van der Waals surface area (Å²) < 4.78 is 81.4. The Labute approximate surface area is 272 Å². The number of aliphatic hydroxyl groups is 1. The highest BCUT2D eigenvalue weighted by atomic mass is 79.9. The third-order valence-electron chi connectivity index (χ3n) is 5.94. The predicted molar refractivity (Wildman–Crippen MR) is 164 cm³/mol. The van der Waals surface area contributed by atoms with Gasteiger partial charge in [0, 0.05) is 30.8 Å². The molecule has 2 aromatic carbocycles. The highest BCUT2D eigenvalue weighted by molar-refractivity contribution is 9.10. The van der Waals surface area contributed by atoms with Gasteiger partial charge in [0.05, 0.1) is 42.9 Å². The van der Waals surface area contributed by atoms with Crippen molar-refractivity contribution in [2.24, 2.45) is 0 Å². The summed E-state index contributed by atoms with van der Waals surface area (Å²) in [5.41, 5.74) is 2.97. The van der Waals surface area contributed by atoms with E-state index in [0.717, 1.165) is 36.3 Å². The number of aromatic nitrogens is 2. The molecule has 4 aromatic rings. The molecule has 1 fully saturated rings. The second kappa shape index (κ2) is 14.6. The fraction of sp³-hybridized carbons (Fsp3) is 0.296. The van der Waals surface area contributed by atoms with E-state index in [1.165, 1.54) is 11.3 Å². The monoisotopic (exact) mass is 786 g/mol. The second-order valence-corrected chi connectivity index (χ2v) is 12.9. The van der Waals surface area contributed by atoms with Crippen LogP contribution in [0.5, 0.6) is 0 Å². The summed E-state index contributed by atoms with van der Waals surface area (Å²) in [4.78, 5) is 21.3. The minimum absolute atomic E-state index is 0.208. The molecular weight excluding hydrogens is 766 g/mol. The molecule has 3 heterocycles. The molecule has 0 saturated carbocycles. The zero-order valence-corrected chi connectivity index (χ0v) is 27.0. The van der Waals surface area contributed by atoms with Crippen LogP contribution in [0.3, 0.4) is 0 Å². The topological polar surface area (TPSA) is 87.6 Å². The van der Waals surface area contributed by atoms with Crippen molar-refractivity contribution in [1.82, 2.24) is 9.97 Å². The molecular formula is C27H22Br2F6N4O3S2. The summed E-state index contributed by atoms with van der Waals surface area (Å²) in [6.45, 7) is -0.891. The molecule has 2 atom stereocenters. The van der Waals surface area contributed by atoms with Gasteiger partial charge in [-0.05, 0) is 24.3 Å². The average molecular weight is 788 g/mol. The van der Waals surface area contributed by atoms with Gasteiger partial charge in [-0.3, -0.25) is 0 Å². The van der Waals surface area contributed by atoms with Crippen molar-refractivity contribution in [2.75, 3.05) is 23.4 Å². The molecule has 1 aliphatic heterocycles. The predicted octanol–water partition coefficient (Wildman–Crippen LogP) is 9.15. The first-order chi connectivity index (χ1) is 20.7. The number of rotatable bonds is 8. The number of ether oxygens (including phenoxy) is 1. The van der Waals surface area contributed by atoms with E-state index in [1.807, 2.05) is 48.5 Å². The number of nitrogens with one attached hydrogen (secondary N) is 1. The fourth-order valence-electron chi connectivity index (χ4n) is 3.95. The summed E-state index contributed by atoms with van der Waals surface area (Å²) in [7, 11) is 0. The molecule has 236 valence electrons. The van der Waals surface area contributed by atoms with Crippen LogP contribution in [0.4, 0.5) is 41.4 Å². The Morgan fingerprint density at radius 2 is 1.45 bits per heavy atom. The van der Waals surface area contributed by atoms with Crippen molar-refractivity contribution >= 4 is 70.9 Å². The van der Waals surface area contributed by atoms with Crippen LogP contribution in [0, 0.1) is 0 Å². The van der Waals surface area contributed by atoms with Gasteiger partial charge >= 0.3 is 18.4 Å². The standard InChI is InChI=1S/C14H10BrF3N2O2S.C13H12BrF3N2OS/c15-9-3-1-8(2-4-9)11-7-23-12(19-11)20-10(5-14(16,17)18)6-22-13(20)21;14-9-3-1-8(2-4-9)11-7-21-12(19-11)18-10(6-20)5-13(15,16)17/h1-4,7,10H,5-6H2;1-4,7,10,20H,5-6H2,(H,18,19). The van der Waals surface area contributed by atoms with Crippen LogP contribution >= 0.6 is 54.5 Å². The number of benzene rings is 2. The summed E-state index contributed by atoms with van der Waals surface area (Å²) in [6.07, 6.45) is -11.7. The molecule has 0 radical (unpaired) electrons. The van der Waals surface area contributed by atoms with Crippen molar-refractivity contribution in [3.8, 4) is 22.5 Å². The molecule has 2 aromatic heterocycles. The van der Waals surface area contributed by atoms with Crippen LogP contribution in [0.25, 0.3) is 22.5 Å². The number of anilines is 2. The molecule has 0 aliphatic carbocycles. The normalized spacial score (nSPS) is 15.9. The minimum Gasteiger partial charge on any atom is -0.447 e. The number of carbonyl (C=O) groups is 1. The van der Waals surface area contributed by atoms with Gasteiger partial charge in [0.25, 0.3) is 0 Å². The zero-order chi connectivity index (χ0) is 32.1. The zero-order valence-electron chi connectivity index (χ0n) is 22.2. The smallest absolute Gasteiger partial charge is 0.416 e. The van der Waals surface area contributed by atoms with Crippen LogP contribution in [0.2, 0.25) is 0 Å². The van der Waals surface area contributed by atoms with E-state index in [4.69, 9.17) is 9.84 Å². The van der Waals surface area contributed by atoms with E-state index >= 15 is 0 Å². The quantitative estimate of drug-likeness (QED) is 0.173. The number of carbonyl (C=O) groups excluding carboxylic acids is 1. The van der Waals surface area contributed by atoms with Crippen LogP contribution in [0.15, 0.2) is 68.2 Å². The molecule has 0 spiro atoms. The number of aliphatic hydroxyl groups excluding tert-OH is 1. The molecule has 1 amide bonds. The van der Waals surface area contributed by atoms with Gasteiger partial charge < -0.3 is 15.2 Å². The molecule has 2 unspecified atom stereocenters. The second-order valence-electron chi connectivity index (χ2n) is 9.33. The lowest BCUT2D eigenvalue weighted by Gasteiger charge is -2.19. The summed E-state index contributed by atoms with van der Waals surface area (Å²) in [6, 6.07) is 12.6. The van der Waals surface area contributed by atoms with Gasteiger partial charge in [-0.1, -0.05) is 56.1 Å². The van der Waals surface area contributed by atoms with Gasteiger partial charge in [0.2, 0.25) is 0 Å². The lowest BCUT2D eigenvalue weighted by atomic mass is 10.2. The number of amides is 1. The molecule has 1 aliphatic rings. The highest BCUT2D eigenvalue weighted by Gasteiger charge is 2.43. The van der Waals surface area contributed by atoms with E-state index in [-0.39, 0.29) is 11.7 Å². The summed E-state index contributed by atoms with van der Waals surface area (Å²) >= 11 is 8.98. The third-order valence-corrected chi connectivity index (χ3v) is 8.61. The first-order valence-electron chi connectivity index (χ1n) is 12.6. The maximum Gasteiger partial charge on any atom is 0.416 e. The van der Waals surface area contributed by atoms with E-state index in [9.17, 15) is 31.1 Å². The van der Waals surface area contributed by atoms with Crippen molar-refractivity contribution < 1.29 is 41.0 Å². The van der Waals surface area contributed by atoms with Crippen LogP contribution in [0.1, 0.15) is 12.8 Å². The Bertz CT molecular complexity index is 1530. The first kappa shape index (κ1) is 34.1. The minimum atomic E-state index is -4.37. The molecule has 44 heavy (non-hydrogen) atoms. The molecule has 2 N–H and O–H groups in total. The Morgan fingerprint density at radius 1 is 0.909 bits per heavy atom. The largest absolute Gasteiger partial charge is 0.447 e. The number of cyclic esters (lactones) is 1. The first-order valence-corrected chi connectivity index (χ1v) is 15.9. The van der Waals surface area contributed by atoms with E-state index in [1.54, 1.807) is 10.8 Å². The third kappa shape index (κ3) is 9.89. The van der Waals surface area contributed by atoms with Crippen molar-refractivity contribution in [3.63, 3.8) is 0 Å². The number of hydrogen-bond acceptors (Lipinski definition) is 8. The fourth-order valence-corrected chi connectivity index (χ4v) is 6.17. The Balaban J connectivity index is 0.000000202. The van der Waals surface area contributed by atoms with Gasteiger partial charge in [0.15, 0.2) is 10.3 Å². The number of nitrogens with zero attached hydrogens (tertiary/aromatic N) is 3. The van der Waals surface area contributed by atoms with Crippen molar-refractivity contribution in [2.45, 2.75) is 37.3 Å². The van der Waals surface area contributed by atoms with Crippen LogP contribution in [-0.2, 0) is 4.74 Å².